The number of anilines is 1. The van der Waals surface area contributed by atoms with Crippen LogP contribution >= 0.6 is 11.6 Å². The van der Waals surface area contributed by atoms with E-state index in [0.717, 1.165) is 5.02 Å². The SMILES string of the molecule is CN1C(=CC=[N+](C)c2ccccc2)C(C)(C)c2cc(Cl)ccc21. The van der Waals surface area contributed by atoms with Crippen LogP contribution in [0.1, 0.15) is 19.4 Å². The fourth-order valence-electron chi connectivity index (χ4n) is 3.24. The molecule has 0 bridgehead atoms. The lowest BCUT2D eigenvalue weighted by Crippen LogP contribution is -2.23. The molecule has 2 aromatic rings. The van der Waals surface area contributed by atoms with Gasteiger partial charge < -0.3 is 4.90 Å². The van der Waals surface area contributed by atoms with Gasteiger partial charge in [-0.2, -0.15) is 0 Å². The van der Waals surface area contributed by atoms with Crippen molar-refractivity contribution in [1.82, 2.24) is 0 Å². The van der Waals surface area contributed by atoms with Crippen molar-refractivity contribution >= 4 is 29.2 Å². The zero-order chi connectivity index (χ0) is 16.6. The summed E-state index contributed by atoms with van der Waals surface area (Å²) in [7, 11) is 4.18. The number of allylic oxidation sites excluding steroid dienone is 2. The van der Waals surface area contributed by atoms with E-state index < -0.39 is 0 Å². The molecular formula is C20H22ClN2+. The number of rotatable bonds is 2. The van der Waals surface area contributed by atoms with Crippen LogP contribution in [-0.4, -0.2) is 24.9 Å². The van der Waals surface area contributed by atoms with Crippen LogP contribution in [0.3, 0.4) is 0 Å². The largest absolute Gasteiger partial charge is 0.347 e. The van der Waals surface area contributed by atoms with Gasteiger partial charge in [0.1, 0.15) is 7.05 Å². The molecule has 0 N–H and O–H groups in total. The summed E-state index contributed by atoms with van der Waals surface area (Å²) in [6.07, 6.45) is 4.32. The van der Waals surface area contributed by atoms with Gasteiger partial charge in [0.15, 0.2) is 6.21 Å². The highest BCUT2D eigenvalue weighted by atomic mass is 35.5. The first-order valence-electron chi connectivity index (χ1n) is 7.78. The Morgan fingerprint density at radius 3 is 2.48 bits per heavy atom. The van der Waals surface area contributed by atoms with Crippen molar-refractivity contribution in [2.24, 2.45) is 0 Å². The Morgan fingerprint density at radius 2 is 1.78 bits per heavy atom. The molecule has 0 unspecified atom stereocenters. The van der Waals surface area contributed by atoms with Crippen molar-refractivity contribution < 1.29 is 4.58 Å². The van der Waals surface area contributed by atoms with Crippen molar-refractivity contribution in [2.45, 2.75) is 19.3 Å². The highest BCUT2D eigenvalue weighted by Gasteiger charge is 2.38. The van der Waals surface area contributed by atoms with Crippen LogP contribution in [0, 0.1) is 0 Å². The first kappa shape index (κ1) is 15.8. The van der Waals surface area contributed by atoms with E-state index in [-0.39, 0.29) is 5.41 Å². The number of fused-ring (bicyclic) bond motifs is 1. The van der Waals surface area contributed by atoms with Crippen molar-refractivity contribution in [3.8, 4) is 0 Å². The predicted molar refractivity (Wildman–Crippen MR) is 99.3 cm³/mol. The average Bonchev–Trinajstić information content (AvgIpc) is 2.72. The van der Waals surface area contributed by atoms with E-state index in [1.54, 1.807) is 0 Å². The van der Waals surface area contributed by atoms with Gasteiger partial charge in [0, 0.05) is 47.1 Å². The summed E-state index contributed by atoms with van der Waals surface area (Å²) in [6.45, 7) is 4.49. The van der Waals surface area contributed by atoms with Gasteiger partial charge in [0.05, 0.1) is 0 Å². The maximum Gasteiger partial charge on any atom is 0.204 e. The van der Waals surface area contributed by atoms with Crippen LogP contribution in [0.25, 0.3) is 0 Å². The van der Waals surface area contributed by atoms with Crippen LogP contribution in [0.4, 0.5) is 11.4 Å². The summed E-state index contributed by atoms with van der Waals surface area (Å²) in [5.74, 6) is 0. The van der Waals surface area contributed by atoms with Gasteiger partial charge in [0.25, 0.3) is 0 Å². The Hall–Kier alpha value is -2.06. The number of likely N-dealkylation sites (N-methyl/N-ethyl adjacent to an activating group) is 1. The summed E-state index contributed by atoms with van der Waals surface area (Å²) in [4.78, 5) is 2.25. The van der Waals surface area contributed by atoms with Gasteiger partial charge >= 0.3 is 0 Å². The van der Waals surface area contributed by atoms with Crippen LogP contribution in [0.5, 0.6) is 0 Å². The van der Waals surface area contributed by atoms with Crippen LogP contribution < -0.4 is 4.90 Å². The van der Waals surface area contributed by atoms with Gasteiger partial charge in [-0.25, -0.2) is 4.58 Å². The summed E-state index contributed by atoms with van der Waals surface area (Å²) in [5.41, 5.74) is 4.86. The van der Waals surface area contributed by atoms with E-state index in [1.165, 1.54) is 22.6 Å². The summed E-state index contributed by atoms with van der Waals surface area (Å²) in [5, 5.41) is 0.789. The molecule has 118 valence electrons. The van der Waals surface area contributed by atoms with E-state index in [2.05, 4.69) is 86.1 Å². The second-order valence-electron chi connectivity index (χ2n) is 6.49. The molecule has 1 aliphatic rings. The number of nitrogens with zero attached hydrogens (tertiary/aromatic N) is 2. The molecule has 0 spiro atoms. The lowest BCUT2D eigenvalue weighted by molar-refractivity contribution is -0.398. The molecule has 2 nitrogen and oxygen atoms in total. The quantitative estimate of drug-likeness (QED) is 0.556. The Kier molecular flexibility index (Phi) is 4.03. The Morgan fingerprint density at radius 1 is 1.09 bits per heavy atom. The third-order valence-corrected chi connectivity index (χ3v) is 4.85. The second kappa shape index (κ2) is 5.86. The summed E-state index contributed by atoms with van der Waals surface area (Å²) in [6, 6.07) is 16.5. The van der Waals surface area contributed by atoms with Crippen molar-refractivity contribution in [3.63, 3.8) is 0 Å². The molecule has 0 aliphatic carbocycles. The van der Waals surface area contributed by atoms with Crippen LogP contribution in [0.15, 0.2) is 60.3 Å². The fourth-order valence-corrected chi connectivity index (χ4v) is 3.41. The molecule has 0 radical (unpaired) electrons. The number of para-hydroxylation sites is 1. The number of benzene rings is 2. The van der Waals surface area contributed by atoms with E-state index in [1.807, 2.05) is 12.1 Å². The van der Waals surface area contributed by atoms with Gasteiger partial charge in [0.2, 0.25) is 5.69 Å². The number of hydrogen-bond donors (Lipinski definition) is 0. The molecule has 0 amide bonds. The molecule has 2 aromatic carbocycles. The third kappa shape index (κ3) is 2.79. The minimum Gasteiger partial charge on any atom is -0.347 e. The maximum atomic E-state index is 6.20. The summed E-state index contributed by atoms with van der Waals surface area (Å²) >= 11 is 6.20. The van der Waals surface area contributed by atoms with Gasteiger partial charge in [-0.05, 0) is 23.8 Å². The summed E-state index contributed by atoms with van der Waals surface area (Å²) < 4.78 is 2.13. The molecular weight excluding hydrogens is 304 g/mol. The van der Waals surface area contributed by atoms with E-state index in [9.17, 15) is 0 Å². The van der Waals surface area contributed by atoms with Crippen molar-refractivity contribution in [2.75, 3.05) is 19.0 Å². The van der Waals surface area contributed by atoms with Gasteiger partial charge in [-0.3, -0.25) is 0 Å². The van der Waals surface area contributed by atoms with Crippen LogP contribution in [-0.2, 0) is 5.41 Å². The number of halogens is 1. The molecule has 0 saturated heterocycles. The van der Waals surface area contributed by atoms with E-state index >= 15 is 0 Å². The van der Waals surface area contributed by atoms with Gasteiger partial charge in [-0.15, -0.1) is 0 Å². The zero-order valence-corrected chi connectivity index (χ0v) is 14.8. The van der Waals surface area contributed by atoms with Crippen molar-refractivity contribution in [1.29, 1.82) is 0 Å². The maximum absolute atomic E-state index is 6.20. The molecule has 1 heterocycles. The average molecular weight is 326 g/mol. The molecule has 0 atom stereocenters. The molecule has 0 aromatic heterocycles. The minimum atomic E-state index is -0.0665. The number of hydrogen-bond acceptors (Lipinski definition) is 1. The molecule has 0 fully saturated rings. The standard InChI is InChI=1S/C20H22ClN2/c1-20(2)17-14-15(21)10-11-18(17)23(4)19(20)12-13-22(3)16-8-6-5-7-9-16/h5-14H,1-4H3/q+1. The highest BCUT2D eigenvalue weighted by Crippen LogP contribution is 2.47. The molecule has 3 heteroatoms. The Balaban J connectivity index is 2.01. The van der Waals surface area contributed by atoms with Crippen molar-refractivity contribution in [3.05, 3.63) is 70.9 Å². The third-order valence-electron chi connectivity index (χ3n) is 4.61. The lowest BCUT2D eigenvalue weighted by Gasteiger charge is -2.23. The Labute approximate surface area is 143 Å². The zero-order valence-electron chi connectivity index (χ0n) is 14.0. The predicted octanol–water partition coefficient (Wildman–Crippen LogP) is 5.00. The monoisotopic (exact) mass is 325 g/mol. The van der Waals surface area contributed by atoms with Gasteiger partial charge in [-0.1, -0.05) is 43.6 Å². The normalized spacial score (nSPS) is 18.4. The van der Waals surface area contributed by atoms with E-state index in [4.69, 9.17) is 11.6 Å². The fraction of sp³-hybridized carbons (Fsp3) is 0.250. The first-order chi connectivity index (χ1) is 10.9. The molecule has 3 rings (SSSR count). The lowest BCUT2D eigenvalue weighted by atomic mass is 9.84. The van der Waals surface area contributed by atoms with E-state index in [0.29, 0.717) is 0 Å². The minimum absolute atomic E-state index is 0.0665. The smallest absolute Gasteiger partial charge is 0.204 e. The highest BCUT2D eigenvalue weighted by molar-refractivity contribution is 6.30. The second-order valence-corrected chi connectivity index (χ2v) is 6.93. The molecule has 23 heavy (non-hydrogen) atoms. The Bertz CT molecular complexity index is 789. The molecule has 1 aliphatic heterocycles. The first-order valence-corrected chi connectivity index (χ1v) is 8.16. The van der Waals surface area contributed by atoms with Crippen LogP contribution in [0.2, 0.25) is 5.02 Å². The molecule has 0 saturated carbocycles. The topological polar surface area (TPSA) is 6.25 Å².